The van der Waals surface area contributed by atoms with E-state index in [1.165, 1.54) is 42.3 Å². The molecule has 4 fully saturated rings. The highest BCUT2D eigenvalue weighted by Gasteiger charge is 2.53. The van der Waals surface area contributed by atoms with Crippen LogP contribution in [0.4, 0.5) is 4.39 Å². The lowest BCUT2D eigenvalue weighted by molar-refractivity contribution is -0.318. The number of halogens is 1. The summed E-state index contributed by atoms with van der Waals surface area (Å²) in [6.07, 6.45) is -8.62. The van der Waals surface area contributed by atoms with Gasteiger partial charge in [0.25, 0.3) is 0 Å². The maximum Gasteiger partial charge on any atom is 0.311 e. The second-order valence-electron chi connectivity index (χ2n) is 23.6. The molecule has 1 aromatic heterocycles. The number of aliphatic hydroxyl groups excluding tert-OH is 3. The van der Waals surface area contributed by atoms with Gasteiger partial charge in [-0.25, -0.2) is 17.5 Å². The van der Waals surface area contributed by atoms with Gasteiger partial charge >= 0.3 is 5.97 Å². The predicted octanol–water partition coefficient (Wildman–Crippen LogP) is 3.02. The third-order valence-corrected chi connectivity index (χ3v) is 19.2. The van der Waals surface area contributed by atoms with E-state index in [2.05, 4.69) is 10.3 Å². The van der Waals surface area contributed by atoms with Crippen LogP contribution in [0.2, 0.25) is 0 Å². The number of likely N-dealkylation sites (N-methyl/N-ethyl adjacent to an activating group) is 2. The van der Waals surface area contributed by atoms with Gasteiger partial charge in [0.05, 0.1) is 65.3 Å². The Balaban J connectivity index is 1.24. The summed E-state index contributed by atoms with van der Waals surface area (Å²) in [6, 6.07) is 4.13. The van der Waals surface area contributed by atoms with Crippen LogP contribution in [-0.2, 0) is 59.1 Å². The summed E-state index contributed by atoms with van der Waals surface area (Å²) in [7, 11) is 2.86. The molecule has 4 saturated heterocycles. The predicted molar refractivity (Wildman–Crippen MR) is 288 cm³/mol. The van der Waals surface area contributed by atoms with Crippen molar-refractivity contribution in [2.45, 2.75) is 209 Å². The van der Waals surface area contributed by atoms with Crippen molar-refractivity contribution in [3.05, 3.63) is 41.7 Å². The third-order valence-electron chi connectivity index (χ3n) is 17.3. The fraction of sp³-hybridized carbons (Fsp3) is 0.836. The summed E-state index contributed by atoms with van der Waals surface area (Å²) < 4.78 is 93.7. The summed E-state index contributed by atoms with van der Waals surface area (Å²) in [5, 5.41) is 68.6. The molecule has 4 aliphatic heterocycles. The van der Waals surface area contributed by atoms with E-state index in [1.807, 2.05) is 37.7 Å². The van der Waals surface area contributed by atoms with Crippen LogP contribution < -0.4 is 0 Å². The van der Waals surface area contributed by atoms with Crippen molar-refractivity contribution in [1.82, 2.24) is 29.1 Å². The van der Waals surface area contributed by atoms with Crippen molar-refractivity contribution in [2.75, 3.05) is 74.4 Å². The lowest BCUT2D eigenvalue weighted by Crippen LogP contribution is -2.61. The Morgan fingerprint density at radius 1 is 0.949 bits per heavy atom. The average molecular weight is 1150 g/mol. The molecule has 6 rings (SSSR count). The van der Waals surface area contributed by atoms with Crippen molar-refractivity contribution >= 4 is 16.0 Å². The van der Waals surface area contributed by atoms with Crippen molar-refractivity contribution in [3.8, 4) is 0 Å². The standard InChI is InChI=1S/C55H93FN6O16S/c1-15-43-55(10,68)48(64)36(6)60(12)30-32(2)27-53(8,67)50(34(4)46(35(5)51(66)76-43)77-44-28-54(9,72-14)49(65)37(7)75-44)78-52-45(63)41(26-33(3)74-52)59(11)21-20-39-31-62(58-57-39)42(29-56)47(71-13)38-16-18-40(19-17-38)79(69,70)61-22-24-73-25-23-61/h16-19,31-37,41-50,52,63-65,67-68H,15,20-30H2,1-14H3/t32-,33-,34+,35-,36-,37+,41+,42-,43-,44+,45-,46+,47-,48-,49+,50-,52+,53-,54-,55-/m1/s1. The zero-order valence-corrected chi connectivity index (χ0v) is 49.7. The van der Waals surface area contributed by atoms with Gasteiger partial charge in [-0.3, -0.25) is 4.79 Å². The Hall–Kier alpha value is -2.89. The van der Waals surface area contributed by atoms with Gasteiger partial charge in [-0.2, -0.15) is 4.31 Å². The fourth-order valence-electron chi connectivity index (χ4n) is 12.3. The molecule has 79 heavy (non-hydrogen) atoms. The van der Waals surface area contributed by atoms with Crippen LogP contribution in [0.3, 0.4) is 0 Å². The van der Waals surface area contributed by atoms with E-state index in [1.54, 1.807) is 66.8 Å². The molecular weight excluding hydrogens is 1050 g/mol. The monoisotopic (exact) mass is 1140 g/mol. The summed E-state index contributed by atoms with van der Waals surface area (Å²) in [5.41, 5.74) is -3.55. The Bertz CT molecular complexity index is 2350. The number of methoxy groups -OCH3 is 2. The maximum atomic E-state index is 15.0. The number of aromatic nitrogens is 3. The molecule has 452 valence electrons. The van der Waals surface area contributed by atoms with Crippen LogP contribution in [0.15, 0.2) is 35.4 Å². The van der Waals surface area contributed by atoms with Gasteiger partial charge in [0.1, 0.15) is 48.8 Å². The number of carbonyl (C=O) groups excluding carboxylic acids is 1. The molecule has 0 unspecified atom stereocenters. The van der Waals surface area contributed by atoms with E-state index in [0.717, 1.165) is 0 Å². The van der Waals surface area contributed by atoms with Crippen LogP contribution in [-0.4, -0.2) is 234 Å². The Morgan fingerprint density at radius 3 is 2.22 bits per heavy atom. The van der Waals surface area contributed by atoms with Gasteiger partial charge in [0.2, 0.25) is 10.0 Å². The number of cyclic esters (lactones) is 1. The Kier molecular flexibility index (Phi) is 22.5. The Labute approximate surface area is 467 Å². The number of benzene rings is 1. The molecule has 0 saturated carbocycles. The first kappa shape index (κ1) is 65.3. The molecule has 1 aromatic carbocycles. The number of nitrogens with zero attached hydrogens (tertiary/aromatic N) is 6. The molecule has 0 radical (unpaired) electrons. The number of carbonyl (C=O) groups is 1. The average Bonchev–Trinajstić information content (AvgIpc) is 3.93. The van der Waals surface area contributed by atoms with E-state index in [4.69, 9.17) is 37.9 Å². The number of sulfonamides is 1. The molecule has 20 atom stereocenters. The summed E-state index contributed by atoms with van der Waals surface area (Å²) in [4.78, 5) is 18.5. The van der Waals surface area contributed by atoms with Gasteiger partial charge in [-0.05, 0) is 105 Å². The van der Waals surface area contributed by atoms with Gasteiger partial charge in [0.15, 0.2) is 12.6 Å². The molecule has 0 aliphatic carbocycles. The zero-order chi connectivity index (χ0) is 58.5. The highest BCUT2D eigenvalue weighted by Crippen LogP contribution is 2.41. The zero-order valence-electron chi connectivity index (χ0n) is 48.9. The number of morpholine rings is 1. The fourth-order valence-corrected chi connectivity index (χ4v) is 13.7. The minimum Gasteiger partial charge on any atom is -0.459 e. The van der Waals surface area contributed by atoms with Gasteiger partial charge in [-0.15, -0.1) is 5.10 Å². The smallest absolute Gasteiger partial charge is 0.311 e. The van der Waals surface area contributed by atoms with Crippen molar-refractivity contribution in [3.63, 3.8) is 0 Å². The Morgan fingerprint density at radius 2 is 1.61 bits per heavy atom. The molecule has 0 spiro atoms. The molecule has 2 aromatic rings. The van der Waals surface area contributed by atoms with Crippen molar-refractivity contribution in [2.24, 2.45) is 17.8 Å². The van der Waals surface area contributed by atoms with Crippen molar-refractivity contribution < 1.29 is 81.0 Å². The van der Waals surface area contributed by atoms with E-state index < -0.39 is 137 Å². The number of esters is 1. The number of aliphatic hydroxyl groups is 5. The number of rotatable bonds is 17. The van der Waals surface area contributed by atoms with E-state index in [9.17, 15) is 43.1 Å². The van der Waals surface area contributed by atoms with Crippen molar-refractivity contribution in [1.29, 1.82) is 0 Å². The summed E-state index contributed by atoms with van der Waals surface area (Å²) in [5.74, 6) is -2.96. The quantitative estimate of drug-likeness (QED) is 0.143. The van der Waals surface area contributed by atoms with E-state index in [0.29, 0.717) is 50.4 Å². The first-order chi connectivity index (χ1) is 37.0. The molecular formula is C55H93FN6O16S. The van der Waals surface area contributed by atoms with Crippen LogP contribution in [0.5, 0.6) is 0 Å². The summed E-state index contributed by atoms with van der Waals surface area (Å²) in [6.45, 7) is 18.3. The maximum absolute atomic E-state index is 15.0. The SMILES string of the molecule is CC[C@H]1OC(=O)[C@H](C)[C@@H](O[C@H]2C[C@@](C)(OC)[C@@H](O)[C@H](C)O2)[C@H](C)[C@@H](O[C@@H]2O[C@H](C)C[C@H](N(C)CCc3cn([C@H](CF)[C@H](OC)c4ccc(S(=O)(=O)N5CCOCC5)cc4)nn3)[C@H]2O)[C@](C)(O)C[C@@H](C)CN(C)[C@H](C)[C@@H](O)[C@]1(C)O. The van der Waals surface area contributed by atoms with Crippen LogP contribution in [0.25, 0.3) is 0 Å². The van der Waals surface area contributed by atoms with Gasteiger partial charge in [-0.1, -0.05) is 38.1 Å². The molecule has 4 aliphatic rings. The van der Waals surface area contributed by atoms with Crippen LogP contribution >= 0.6 is 0 Å². The van der Waals surface area contributed by atoms with E-state index >= 15 is 0 Å². The first-order valence-electron chi connectivity index (χ1n) is 28.0. The number of alkyl halides is 1. The summed E-state index contributed by atoms with van der Waals surface area (Å²) >= 11 is 0. The first-order valence-corrected chi connectivity index (χ1v) is 29.4. The number of ether oxygens (including phenoxy) is 8. The second-order valence-corrected chi connectivity index (χ2v) is 25.5. The van der Waals surface area contributed by atoms with Gasteiger partial charge in [0, 0.05) is 77.4 Å². The third kappa shape index (κ3) is 14.9. The highest BCUT2D eigenvalue weighted by molar-refractivity contribution is 7.89. The highest BCUT2D eigenvalue weighted by atomic mass is 32.2. The number of hydrogen-bond acceptors (Lipinski definition) is 20. The van der Waals surface area contributed by atoms with Crippen LogP contribution in [0, 0.1) is 17.8 Å². The number of hydrogen-bond donors (Lipinski definition) is 5. The lowest BCUT2D eigenvalue weighted by atomic mass is 9.77. The molecule has 5 heterocycles. The molecule has 0 amide bonds. The molecule has 24 heteroatoms. The molecule has 0 bridgehead atoms. The second kappa shape index (κ2) is 27.2. The molecule has 22 nitrogen and oxygen atoms in total. The lowest BCUT2D eigenvalue weighted by Gasteiger charge is -2.49. The minimum absolute atomic E-state index is 0.0681. The largest absolute Gasteiger partial charge is 0.459 e. The minimum atomic E-state index is -3.75. The van der Waals surface area contributed by atoms with Crippen LogP contribution in [0.1, 0.15) is 118 Å². The topological polar surface area (TPSA) is 267 Å². The van der Waals surface area contributed by atoms with Gasteiger partial charge < -0.3 is 73.2 Å². The molecule has 5 N–H and O–H groups in total. The normalized spacial score (nSPS) is 39.2. The van der Waals surface area contributed by atoms with E-state index in [-0.39, 0.29) is 43.2 Å².